The SMILES string of the molecule is CCCc1ccc(CCC)c2cc3cc4ccccc4cc3cc12. The Hall–Kier alpha value is -2.34. The molecule has 0 aliphatic heterocycles. The molecule has 0 nitrogen and oxygen atoms in total. The maximum absolute atomic E-state index is 2.42. The van der Waals surface area contributed by atoms with Crippen molar-refractivity contribution in [2.24, 2.45) is 0 Å². The monoisotopic (exact) mass is 312 g/mol. The van der Waals surface area contributed by atoms with E-state index in [0.29, 0.717) is 0 Å². The van der Waals surface area contributed by atoms with Crippen molar-refractivity contribution in [2.45, 2.75) is 39.5 Å². The van der Waals surface area contributed by atoms with E-state index >= 15 is 0 Å². The topological polar surface area (TPSA) is 0 Å². The maximum atomic E-state index is 2.42. The lowest BCUT2D eigenvalue weighted by Crippen LogP contribution is -1.92. The van der Waals surface area contributed by atoms with Crippen LogP contribution in [0.1, 0.15) is 37.8 Å². The Kier molecular flexibility index (Phi) is 3.98. The molecule has 0 amide bonds. The van der Waals surface area contributed by atoms with E-state index in [0.717, 1.165) is 12.8 Å². The molecule has 24 heavy (non-hydrogen) atoms. The van der Waals surface area contributed by atoms with Gasteiger partial charge in [0.05, 0.1) is 0 Å². The smallest absolute Gasteiger partial charge is 0.0143 e. The van der Waals surface area contributed by atoms with E-state index in [-0.39, 0.29) is 0 Å². The van der Waals surface area contributed by atoms with Gasteiger partial charge in [-0.05, 0) is 80.6 Å². The van der Waals surface area contributed by atoms with Gasteiger partial charge in [0.15, 0.2) is 0 Å². The highest BCUT2D eigenvalue weighted by Gasteiger charge is 2.08. The fraction of sp³-hybridized carbons (Fsp3) is 0.250. The fourth-order valence-electron chi connectivity index (χ4n) is 3.88. The van der Waals surface area contributed by atoms with Crippen molar-refractivity contribution in [3.8, 4) is 0 Å². The van der Waals surface area contributed by atoms with Gasteiger partial charge < -0.3 is 0 Å². The average Bonchev–Trinajstić information content (AvgIpc) is 2.61. The highest BCUT2D eigenvalue weighted by Crippen LogP contribution is 2.32. The second kappa shape index (κ2) is 6.28. The minimum Gasteiger partial charge on any atom is -0.0651 e. The van der Waals surface area contributed by atoms with Crippen molar-refractivity contribution in [1.82, 2.24) is 0 Å². The van der Waals surface area contributed by atoms with Crippen LogP contribution in [0.5, 0.6) is 0 Å². The molecule has 0 bridgehead atoms. The van der Waals surface area contributed by atoms with Gasteiger partial charge in [0.1, 0.15) is 0 Å². The van der Waals surface area contributed by atoms with Gasteiger partial charge in [-0.2, -0.15) is 0 Å². The first-order chi connectivity index (χ1) is 11.8. The molecular weight excluding hydrogens is 288 g/mol. The summed E-state index contributed by atoms with van der Waals surface area (Å²) in [6.45, 7) is 4.53. The number of hydrogen-bond donors (Lipinski definition) is 0. The van der Waals surface area contributed by atoms with Gasteiger partial charge in [0.2, 0.25) is 0 Å². The van der Waals surface area contributed by atoms with Gasteiger partial charge in [-0.1, -0.05) is 63.1 Å². The molecule has 0 heteroatoms. The minimum absolute atomic E-state index is 1.15. The lowest BCUT2D eigenvalue weighted by atomic mass is 9.92. The zero-order valence-electron chi connectivity index (χ0n) is 14.6. The summed E-state index contributed by atoms with van der Waals surface area (Å²) in [6.07, 6.45) is 4.69. The van der Waals surface area contributed by atoms with Gasteiger partial charge in [-0.25, -0.2) is 0 Å². The Morgan fingerprint density at radius 1 is 0.542 bits per heavy atom. The van der Waals surface area contributed by atoms with E-state index in [9.17, 15) is 0 Å². The van der Waals surface area contributed by atoms with Gasteiger partial charge in [-0.3, -0.25) is 0 Å². The third kappa shape index (κ3) is 2.57. The number of fused-ring (bicyclic) bond motifs is 3. The predicted octanol–water partition coefficient (Wildman–Crippen LogP) is 7.05. The third-order valence-electron chi connectivity index (χ3n) is 5.06. The normalized spacial score (nSPS) is 11.6. The summed E-state index contributed by atoms with van der Waals surface area (Å²) in [4.78, 5) is 0. The van der Waals surface area contributed by atoms with E-state index in [1.54, 1.807) is 0 Å². The first kappa shape index (κ1) is 15.2. The van der Waals surface area contributed by atoms with Crippen LogP contribution in [0.3, 0.4) is 0 Å². The Morgan fingerprint density at radius 2 is 1.00 bits per heavy atom. The lowest BCUT2D eigenvalue weighted by Gasteiger charge is -2.13. The molecule has 0 aliphatic carbocycles. The van der Waals surface area contributed by atoms with Crippen molar-refractivity contribution in [3.63, 3.8) is 0 Å². The quantitative estimate of drug-likeness (QED) is 0.354. The second-order valence-electron chi connectivity index (χ2n) is 6.83. The summed E-state index contributed by atoms with van der Waals surface area (Å²) in [7, 11) is 0. The summed E-state index contributed by atoms with van der Waals surface area (Å²) in [5.74, 6) is 0. The molecule has 4 rings (SSSR count). The Bertz CT molecular complexity index is 941. The van der Waals surface area contributed by atoms with Crippen molar-refractivity contribution in [1.29, 1.82) is 0 Å². The van der Waals surface area contributed by atoms with Crippen molar-refractivity contribution < 1.29 is 0 Å². The number of benzene rings is 4. The van der Waals surface area contributed by atoms with Crippen molar-refractivity contribution >= 4 is 32.3 Å². The van der Waals surface area contributed by atoms with E-state index < -0.39 is 0 Å². The molecule has 0 fully saturated rings. The summed E-state index contributed by atoms with van der Waals surface area (Å²) in [5, 5.41) is 8.26. The summed E-state index contributed by atoms with van der Waals surface area (Å²) in [5.41, 5.74) is 2.98. The number of hydrogen-bond acceptors (Lipinski definition) is 0. The molecule has 0 heterocycles. The molecule has 0 aliphatic rings. The standard InChI is InChI=1S/C24H24/c1-3-7-17-11-12-18(8-4-2)24-16-22-14-20-10-6-5-9-19(20)13-21(22)15-23(17)24/h5-6,9-16H,3-4,7-8H2,1-2H3. The zero-order valence-corrected chi connectivity index (χ0v) is 14.6. The molecule has 0 aromatic heterocycles. The molecule has 4 aromatic rings. The molecule has 0 spiro atoms. The highest BCUT2D eigenvalue weighted by molar-refractivity contribution is 6.06. The van der Waals surface area contributed by atoms with Crippen LogP contribution in [0.4, 0.5) is 0 Å². The molecule has 0 saturated heterocycles. The van der Waals surface area contributed by atoms with Gasteiger partial charge in [0.25, 0.3) is 0 Å². The molecule has 0 radical (unpaired) electrons. The van der Waals surface area contributed by atoms with Gasteiger partial charge >= 0.3 is 0 Å². The van der Waals surface area contributed by atoms with Crippen LogP contribution in [0.2, 0.25) is 0 Å². The van der Waals surface area contributed by atoms with Crippen molar-refractivity contribution in [2.75, 3.05) is 0 Å². The van der Waals surface area contributed by atoms with Crippen molar-refractivity contribution in [3.05, 3.63) is 71.8 Å². The van der Waals surface area contributed by atoms with Gasteiger partial charge in [-0.15, -0.1) is 0 Å². The Morgan fingerprint density at radius 3 is 1.42 bits per heavy atom. The van der Waals surface area contributed by atoms with E-state index in [1.165, 1.54) is 56.3 Å². The molecule has 0 saturated carbocycles. The van der Waals surface area contributed by atoms with Crippen LogP contribution < -0.4 is 0 Å². The van der Waals surface area contributed by atoms with E-state index in [1.807, 2.05) is 0 Å². The first-order valence-corrected chi connectivity index (χ1v) is 9.17. The maximum Gasteiger partial charge on any atom is -0.0143 e. The predicted molar refractivity (Wildman–Crippen MR) is 107 cm³/mol. The van der Waals surface area contributed by atoms with E-state index in [4.69, 9.17) is 0 Å². The molecule has 0 atom stereocenters. The summed E-state index contributed by atoms with van der Waals surface area (Å²) >= 11 is 0. The highest BCUT2D eigenvalue weighted by atomic mass is 14.1. The van der Waals surface area contributed by atoms with Crippen LogP contribution in [0.25, 0.3) is 32.3 Å². The van der Waals surface area contributed by atoms with Crippen LogP contribution in [0, 0.1) is 0 Å². The fourth-order valence-corrected chi connectivity index (χ4v) is 3.88. The third-order valence-corrected chi connectivity index (χ3v) is 5.06. The molecule has 0 N–H and O–H groups in total. The second-order valence-corrected chi connectivity index (χ2v) is 6.83. The largest absolute Gasteiger partial charge is 0.0651 e. The summed E-state index contributed by atoms with van der Waals surface area (Å²) in [6, 6.07) is 22.9. The number of rotatable bonds is 4. The Labute approximate surface area is 144 Å². The van der Waals surface area contributed by atoms with E-state index in [2.05, 4.69) is 74.5 Å². The first-order valence-electron chi connectivity index (χ1n) is 9.17. The molecule has 4 aromatic carbocycles. The summed E-state index contributed by atoms with van der Waals surface area (Å²) < 4.78 is 0. The van der Waals surface area contributed by atoms with Gasteiger partial charge in [0, 0.05) is 0 Å². The van der Waals surface area contributed by atoms with Crippen LogP contribution in [-0.4, -0.2) is 0 Å². The molecule has 0 unspecified atom stereocenters. The van der Waals surface area contributed by atoms with Crippen LogP contribution in [-0.2, 0) is 12.8 Å². The van der Waals surface area contributed by atoms with Crippen LogP contribution >= 0.6 is 0 Å². The average molecular weight is 312 g/mol. The molecule has 120 valence electrons. The molecular formula is C24H24. The lowest BCUT2D eigenvalue weighted by molar-refractivity contribution is 0.916. The number of aryl methyl sites for hydroxylation is 2. The Balaban J connectivity index is 2.07. The zero-order chi connectivity index (χ0) is 16.5. The minimum atomic E-state index is 1.15. The van der Waals surface area contributed by atoms with Crippen LogP contribution in [0.15, 0.2) is 60.7 Å².